The Hall–Kier alpha value is -1.06. The molecule has 0 aliphatic carbocycles. The lowest BCUT2D eigenvalue weighted by atomic mass is 10.4. The minimum Gasteiger partial charge on any atom is -0.434 e. The molecular weight excluding hydrogens is 148 g/mol. The summed E-state index contributed by atoms with van der Waals surface area (Å²) in [6.07, 6.45) is 0.811. The molecule has 4 heteroatoms. The maximum Gasteiger partial charge on any atom is 0.516 e. The third-order valence-corrected chi connectivity index (χ3v) is 0.945. The summed E-state index contributed by atoms with van der Waals surface area (Å²) in [7, 11) is 0. The average molecular weight is 160 g/mol. The van der Waals surface area contributed by atoms with Crippen molar-refractivity contribution in [2.45, 2.75) is 26.7 Å². The molecule has 0 rings (SSSR count). The molecule has 11 heavy (non-hydrogen) atoms. The zero-order valence-corrected chi connectivity index (χ0v) is 6.75. The smallest absolute Gasteiger partial charge is 0.434 e. The van der Waals surface area contributed by atoms with Gasteiger partial charge in [-0.2, -0.15) is 0 Å². The third-order valence-electron chi connectivity index (χ3n) is 0.945. The van der Waals surface area contributed by atoms with Crippen molar-refractivity contribution in [3.05, 3.63) is 0 Å². The van der Waals surface area contributed by atoms with E-state index in [1.54, 1.807) is 0 Å². The van der Waals surface area contributed by atoms with Crippen LogP contribution in [0.5, 0.6) is 0 Å². The van der Waals surface area contributed by atoms with Crippen LogP contribution in [-0.4, -0.2) is 18.7 Å². The number of carbonyl (C=O) groups is 2. The number of esters is 1. The van der Waals surface area contributed by atoms with E-state index in [1.165, 1.54) is 0 Å². The van der Waals surface area contributed by atoms with Crippen LogP contribution in [-0.2, 0) is 14.3 Å². The van der Waals surface area contributed by atoms with Crippen molar-refractivity contribution < 1.29 is 19.1 Å². The van der Waals surface area contributed by atoms with E-state index in [0.717, 1.165) is 19.8 Å². The fourth-order valence-electron chi connectivity index (χ4n) is 0.447. The molecule has 0 amide bonds. The summed E-state index contributed by atoms with van der Waals surface area (Å²) in [6.45, 7) is 3.43. The highest BCUT2D eigenvalue weighted by atomic mass is 16.7. The number of ether oxygens (including phenoxy) is 2. The van der Waals surface area contributed by atoms with E-state index in [0.29, 0.717) is 6.61 Å². The molecule has 0 aromatic heterocycles. The van der Waals surface area contributed by atoms with Crippen LogP contribution in [0.1, 0.15) is 26.7 Å². The van der Waals surface area contributed by atoms with Gasteiger partial charge in [0.25, 0.3) is 0 Å². The predicted octanol–water partition coefficient (Wildman–Crippen LogP) is 1.49. The molecule has 0 heterocycles. The standard InChI is InChI=1S/C7H12O4/c1-3-4-5-10-7(9)11-6(2)8/h3-5H2,1-2H3. The van der Waals surface area contributed by atoms with Gasteiger partial charge in [-0.25, -0.2) is 4.79 Å². The predicted molar refractivity (Wildman–Crippen MR) is 38.0 cm³/mol. The molecule has 64 valence electrons. The van der Waals surface area contributed by atoms with Gasteiger partial charge in [-0.15, -0.1) is 0 Å². The largest absolute Gasteiger partial charge is 0.516 e. The van der Waals surface area contributed by atoms with Crippen LogP contribution in [0.3, 0.4) is 0 Å². The summed E-state index contributed by atoms with van der Waals surface area (Å²) >= 11 is 0. The molecule has 0 radical (unpaired) electrons. The lowest BCUT2D eigenvalue weighted by Gasteiger charge is -2.00. The average Bonchev–Trinajstić information content (AvgIpc) is 1.86. The summed E-state index contributed by atoms with van der Waals surface area (Å²) in [6, 6.07) is 0. The van der Waals surface area contributed by atoms with E-state index >= 15 is 0 Å². The quantitative estimate of drug-likeness (QED) is 0.356. The molecule has 0 unspecified atom stereocenters. The van der Waals surface area contributed by atoms with E-state index in [2.05, 4.69) is 9.47 Å². The fraction of sp³-hybridized carbons (Fsp3) is 0.714. The molecule has 0 saturated carbocycles. The lowest BCUT2D eigenvalue weighted by Crippen LogP contribution is -2.11. The Morgan fingerprint density at radius 1 is 1.36 bits per heavy atom. The first-order chi connectivity index (χ1) is 5.16. The first kappa shape index (κ1) is 9.94. The van der Waals surface area contributed by atoms with Crippen molar-refractivity contribution in [3.63, 3.8) is 0 Å². The monoisotopic (exact) mass is 160 g/mol. The van der Waals surface area contributed by atoms with Gasteiger partial charge in [0, 0.05) is 6.92 Å². The van der Waals surface area contributed by atoms with Crippen molar-refractivity contribution >= 4 is 12.1 Å². The molecule has 0 fully saturated rings. The van der Waals surface area contributed by atoms with Crippen molar-refractivity contribution in [1.82, 2.24) is 0 Å². The number of hydrogen-bond donors (Lipinski definition) is 0. The highest BCUT2D eigenvalue weighted by Crippen LogP contribution is 1.91. The summed E-state index contributed by atoms with van der Waals surface area (Å²) < 4.78 is 8.61. The molecule has 0 aromatic carbocycles. The van der Waals surface area contributed by atoms with Gasteiger partial charge in [-0.3, -0.25) is 4.79 Å². The molecule has 4 nitrogen and oxygen atoms in total. The molecule has 0 N–H and O–H groups in total. The second-order valence-corrected chi connectivity index (χ2v) is 2.05. The fourth-order valence-corrected chi connectivity index (χ4v) is 0.447. The zero-order valence-electron chi connectivity index (χ0n) is 6.75. The number of hydrogen-bond acceptors (Lipinski definition) is 4. The first-order valence-corrected chi connectivity index (χ1v) is 3.52. The second-order valence-electron chi connectivity index (χ2n) is 2.05. The maximum atomic E-state index is 10.5. The lowest BCUT2D eigenvalue weighted by molar-refractivity contribution is -0.137. The Kier molecular flexibility index (Phi) is 5.15. The van der Waals surface area contributed by atoms with Crippen LogP contribution in [0.15, 0.2) is 0 Å². The highest BCUT2D eigenvalue weighted by Gasteiger charge is 2.05. The van der Waals surface area contributed by atoms with Crippen LogP contribution >= 0.6 is 0 Å². The van der Waals surface area contributed by atoms with Crippen LogP contribution in [0.4, 0.5) is 4.79 Å². The molecule has 0 saturated heterocycles. The summed E-state index contributed by atoms with van der Waals surface area (Å²) in [5, 5.41) is 0. The second kappa shape index (κ2) is 5.70. The van der Waals surface area contributed by atoms with E-state index in [9.17, 15) is 9.59 Å². The molecule has 0 aliphatic rings. The van der Waals surface area contributed by atoms with Gasteiger partial charge in [0.1, 0.15) is 0 Å². The SMILES string of the molecule is CCCCOC(=O)OC(C)=O. The molecule has 0 spiro atoms. The van der Waals surface area contributed by atoms with Crippen LogP contribution in [0.2, 0.25) is 0 Å². The Labute approximate surface area is 65.5 Å². The Morgan fingerprint density at radius 3 is 2.45 bits per heavy atom. The normalized spacial score (nSPS) is 8.91. The van der Waals surface area contributed by atoms with E-state index in [4.69, 9.17) is 0 Å². The topological polar surface area (TPSA) is 52.6 Å². The van der Waals surface area contributed by atoms with Crippen molar-refractivity contribution in [2.24, 2.45) is 0 Å². The van der Waals surface area contributed by atoms with Gasteiger partial charge in [0.15, 0.2) is 0 Å². The number of unbranched alkanes of at least 4 members (excludes halogenated alkanes) is 1. The number of rotatable bonds is 3. The Morgan fingerprint density at radius 2 is 2.00 bits per heavy atom. The van der Waals surface area contributed by atoms with Gasteiger partial charge >= 0.3 is 12.1 Å². The Bertz CT molecular complexity index is 141. The molecule has 0 aromatic rings. The maximum absolute atomic E-state index is 10.5. The number of carbonyl (C=O) groups excluding carboxylic acids is 2. The molecule has 0 aliphatic heterocycles. The van der Waals surface area contributed by atoms with Crippen molar-refractivity contribution in [2.75, 3.05) is 6.61 Å². The van der Waals surface area contributed by atoms with Gasteiger partial charge in [-0.05, 0) is 6.42 Å². The van der Waals surface area contributed by atoms with Gasteiger partial charge in [0.2, 0.25) is 0 Å². The van der Waals surface area contributed by atoms with Gasteiger partial charge in [0.05, 0.1) is 6.61 Å². The summed E-state index contributed by atoms with van der Waals surface area (Å²) in [5.74, 6) is -0.647. The van der Waals surface area contributed by atoms with Gasteiger partial charge in [-0.1, -0.05) is 13.3 Å². The summed E-state index contributed by atoms with van der Waals surface area (Å²) in [4.78, 5) is 20.6. The first-order valence-electron chi connectivity index (χ1n) is 3.52. The van der Waals surface area contributed by atoms with E-state index in [-0.39, 0.29) is 0 Å². The Balaban J connectivity index is 3.30. The van der Waals surface area contributed by atoms with Crippen molar-refractivity contribution in [1.29, 1.82) is 0 Å². The molecular formula is C7H12O4. The minimum atomic E-state index is -0.911. The molecule has 0 atom stereocenters. The molecule has 0 bridgehead atoms. The van der Waals surface area contributed by atoms with Crippen LogP contribution in [0, 0.1) is 0 Å². The summed E-state index contributed by atoms with van der Waals surface area (Å²) in [5.41, 5.74) is 0. The third kappa shape index (κ3) is 6.83. The van der Waals surface area contributed by atoms with Crippen molar-refractivity contribution in [3.8, 4) is 0 Å². The highest BCUT2D eigenvalue weighted by molar-refractivity contribution is 5.79. The van der Waals surface area contributed by atoms with E-state index < -0.39 is 12.1 Å². The van der Waals surface area contributed by atoms with Crippen LogP contribution < -0.4 is 0 Å². The van der Waals surface area contributed by atoms with Crippen LogP contribution in [0.25, 0.3) is 0 Å². The van der Waals surface area contributed by atoms with Gasteiger partial charge < -0.3 is 9.47 Å². The minimum absolute atomic E-state index is 0.308. The zero-order chi connectivity index (χ0) is 8.69. The van der Waals surface area contributed by atoms with E-state index in [1.807, 2.05) is 6.92 Å².